The van der Waals surface area contributed by atoms with Gasteiger partial charge in [0.25, 0.3) is 5.56 Å². The van der Waals surface area contributed by atoms with E-state index in [0.29, 0.717) is 22.5 Å². The number of halogens is 1. The van der Waals surface area contributed by atoms with Gasteiger partial charge >= 0.3 is 0 Å². The van der Waals surface area contributed by atoms with Gasteiger partial charge in [-0.3, -0.25) is 4.79 Å². The van der Waals surface area contributed by atoms with Crippen molar-refractivity contribution in [1.29, 1.82) is 0 Å². The van der Waals surface area contributed by atoms with Gasteiger partial charge in [0.15, 0.2) is 0 Å². The maximum Gasteiger partial charge on any atom is 0.275 e. The topological polar surface area (TPSA) is 71.8 Å². The van der Waals surface area contributed by atoms with Gasteiger partial charge in [-0.15, -0.1) is 0 Å². The van der Waals surface area contributed by atoms with Gasteiger partial charge < -0.3 is 10.7 Å². The number of H-pyrrole nitrogens is 1. The summed E-state index contributed by atoms with van der Waals surface area (Å²) in [5, 5.41) is 2.14. The highest BCUT2D eigenvalue weighted by atomic mass is 79.9. The van der Waals surface area contributed by atoms with E-state index in [0.717, 1.165) is 20.8 Å². The number of nitrogens with one attached hydrogen (secondary N) is 1. The van der Waals surface area contributed by atoms with Gasteiger partial charge in [-0.1, -0.05) is 40.2 Å². The van der Waals surface area contributed by atoms with Crippen LogP contribution in [0, 0.1) is 0 Å². The summed E-state index contributed by atoms with van der Waals surface area (Å²) in [6, 6.07) is 17.3. The number of hydrogen-bond donors (Lipinski definition) is 2. The van der Waals surface area contributed by atoms with Crippen LogP contribution in [-0.4, -0.2) is 9.97 Å². The fraction of sp³-hybridized carbons (Fsp3) is 0. The molecular formula is C18H12BrN3O. The minimum atomic E-state index is -0.252. The Hall–Kier alpha value is -2.66. The van der Waals surface area contributed by atoms with E-state index in [4.69, 9.17) is 5.73 Å². The van der Waals surface area contributed by atoms with Gasteiger partial charge in [0, 0.05) is 15.7 Å². The summed E-state index contributed by atoms with van der Waals surface area (Å²) < 4.78 is 0.849. The third-order valence-corrected chi connectivity index (χ3v) is 4.32. The van der Waals surface area contributed by atoms with Crippen LogP contribution in [0.2, 0.25) is 0 Å². The zero-order valence-corrected chi connectivity index (χ0v) is 13.6. The number of benzene rings is 3. The van der Waals surface area contributed by atoms with E-state index in [2.05, 4.69) is 25.9 Å². The largest absolute Gasteiger partial charge is 0.398 e. The molecule has 1 heterocycles. The van der Waals surface area contributed by atoms with Crippen LogP contribution in [0.4, 0.5) is 5.69 Å². The normalized spacial score (nSPS) is 11.2. The molecule has 0 atom stereocenters. The van der Waals surface area contributed by atoms with Gasteiger partial charge in [-0.2, -0.15) is 0 Å². The number of nitrogens with two attached hydrogens (primary N) is 1. The van der Waals surface area contributed by atoms with Crippen molar-refractivity contribution in [2.75, 3.05) is 5.73 Å². The zero-order valence-electron chi connectivity index (χ0n) is 12.0. The van der Waals surface area contributed by atoms with Gasteiger partial charge in [0.05, 0.1) is 11.0 Å². The molecule has 0 bridgehead atoms. The number of anilines is 1. The highest BCUT2D eigenvalue weighted by molar-refractivity contribution is 9.10. The summed E-state index contributed by atoms with van der Waals surface area (Å²) in [5.74, 6) is 0. The molecule has 0 spiro atoms. The monoisotopic (exact) mass is 365 g/mol. The molecule has 0 unspecified atom stereocenters. The molecule has 4 nitrogen and oxygen atoms in total. The molecule has 5 heteroatoms. The molecule has 0 aliphatic heterocycles. The minimum Gasteiger partial charge on any atom is -0.398 e. The Morgan fingerprint density at radius 2 is 1.74 bits per heavy atom. The predicted molar refractivity (Wildman–Crippen MR) is 97.4 cm³/mol. The molecule has 0 aliphatic rings. The third kappa shape index (κ3) is 2.39. The maximum atomic E-state index is 12.4. The van der Waals surface area contributed by atoms with Crippen LogP contribution in [0.25, 0.3) is 33.1 Å². The molecular weight excluding hydrogens is 354 g/mol. The molecule has 0 radical (unpaired) electrons. The third-order valence-electron chi connectivity index (χ3n) is 3.83. The lowest BCUT2D eigenvalue weighted by atomic mass is 10.1. The van der Waals surface area contributed by atoms with E-state index in [9.17, 15) is 4.79 Å². The van der Waals surface area contributed by atoms with Crippen LogP contribution < -0.4 is 11.3 Å². The second-order valence-corrected chi connectivity index (χ2v) is 6.28. The van der Waals surface area contributed by atoms with Gasteiger partial charge in [-0.25, -0.2) is 4.98 Å². The van der Waals surface area contributed by atoms with E-state index in [1.54, 1.807) is 12.1 Å². The second-order valence-electron chi connectivity index (χ2n) is 5.36. The molecule has 112 valence electrons. The van der Waals surface area contributed by atoms with E-state index >= 15 is 0 Å². The first-order chi connectivity index (χ1) is 11.1. The number of aromatic nitrogens is 2. The average Bonchev–Trinajstić information content (AvgIpc) is 2.55. The first kappa shape index (κ1) is 14.0. The lowest BCUT2D eigenvalue weighted by Crippen LogP contribution is -2.12. The SMILES string of the molecule is Nc1ccc(Br)cc1-c1nc2cc3ccccc3cc2[nH]c1=O. The van der Waals surface area contributed by atoms with Gasteiger partial charge in [-0.05, 0) is 41.1 Å². The predicted octanol–water partition coefficient (Wildman–Crippen LogP) is 4.09. The lowest BCUT2D eigenvalue weighted by Gasteiger charge is -2.07. The van der Waals surface area contributed by atoms with Crippen molar-refractivity contribution >= 4 is 43.4 Å². The molecule has 3 N–H and O–H groups in total. The first-order valence-electron chi connectivity index (χ1n) is 7.10. The Kier molecular flexibility index (Phi) is 3.16. The van der Waals surface area contributed by atoms with E-state index < -0.39 is 0 Å². The summed E-state index contributed by atoms with van der Waals surface area (Å²) in [7, 11) is 0. The zero-order chi connectivity index (χ0) is 16.0. The standard InChI is InChI=1S/C18H12BrN3O/c19-12-5-6-14(20)13(9-12)17-18(23)22-16-8-11-4-2-1-3-10(11)7-15(16)21-17/h1-9H,20H2,(H,22,23). The van der Waals surface area contributed by atoms with Crippen LogP contribution in [0.15, 0.2) is 63.9 Å². The highest BCUT2D eigenvalue weighted by Gasteiger charge is 2.11. The highest BCUT2D eigenvalue weighted by Crippen LogP contribution is 2.27. The number of nitrogen functional groups attached to an aromatic ring is 1. The number of aromatic amines is 1. The van der Waals surface area contributed by atoms with Crippen molar-refractivity contribution < 1.29 is 0 Å². The van der Waals surface area contributed by atoms with Crippen LogP contribution in [0.3, 0.4) is 0 Å². The first-order valence-corrected chi connectivity index (χ1v) is 7.89. The fourth-order valence-corrected chi connectivity index (χ4v) is 3.05. The van der Waals surface area contributed by atoms with Crippen molar-refractivity contribution in [2.45, 2.75) is 0 Å². The molecule has 4 rings (SSSR count). The van der Waals surface area contributed by atoms with E-state index in [1.165, 1.54) is 0 Å². The number of hydrogen-bond acceptors (Lipinski definition) is 3. The molecule has 0 amide bonds. The van der Waals surface area contributed by atoms with Crippen molar-refractivity contribution in [3.05, 3.63) is 69.4 Å². The van der Waals surface area contributed by atoms with Crippen molar-refractivity contribution in [3.63, 3.8) is 0 Å². The minimum absolute atomic E-state index is 0.252. The van der Waals surface area contributed by atoms with Gasteiger partial charge in [0.2, 0.25) is 0 Å². The van der Waals surface area contributed by atoms with Gasteiger partial charge in [0.1, 0.15) is 5.69 Å². The quantitative estimate of drug-likeness (QED) is 0.394. The lowest BCUT2D eigenvalue weighted by molar-refractivity contribution is 1.22. The smallest absolute Gasteiger partial charge is 0.275 e. The van der Waals surface area contributed by atoms with Crippen LogP contribution in [0.1, 0.15) is 0 Å². The van der Waals surface area contributed by atoms with E-state index in [1.807, 2.05) is 42.5 Å². The summed E-state index contributed by atoms with van der Waals surface area (Å²) in [5.41, 5.74) is 8.67. The molecule has 0 saturated heterocycles. The number of nitrogens with zero attached hydrogens (tertiary/aromatic N) is 1. The molecule has 4 aromatic rings. The average molecular weight is 366 g/mol. The Morgan fingerprint density at radius 1 is 1.00 bits per heavy atom. The Morgan fingerprint density at radius 3 is 2.52 bits per heavy atom. The Balaban J connectivity index is 2.04. The van der Waals surface area contributed by atoms with Crippen molar-refractivity contribution in [1.82, 2.24) is 9.97 Å². The Bertz CT molecular complexity index is 1120. The molecule has 0 saturated carbocycles. The summed E-state index contributed by atoms with van der Waals surface area (Å²) in [6.07, 6.45) is 0. The van der Waals surface area contributed by atoms with E-state index in [-0.39, 0.29) is 5.56 Å². The van der Waals surface area contributed by atoms with Crippen LogP contribution in [-0.2, 0) is 0 Å². The fourth-order valence-electron chi connectivity index (χ4n) is 2.69. The summed E-state index contributed by atoms with van der Waals surface area (Å²) in [4.78, 5) is 19.9. The molecule has 23 heavy (non-hydrogen) atoms. The van der Waals surface area contributed by atoms with Crippen LogP contribution >= 0.6 is 15.9 Å². The summed E-state index contributed by atoms with van der Waals surface area (Å²) >= 11 is 3.40. The maximum absolute atomic E-state index is 12.4. The van der Waals surface area contributed by atoms with Crippen LogP contribution in [0.5, 0.6) is 0 Å². The number of fused-ring (bicyclic) bond motifs is 2. The summed E-state index contributed by atoms with van der Waals surface area (Å²) in [6.45, 7) is 0. The van der Waals surface area contributed by atoms with Crippen molar-refractivity contribution in [3.8, 4) is 11.3 Å². The second kappa shape index (κ2) is 5.21. The molecule has 1 aromatic heterocycles. The molecule has 3 aromatic carbocycles. The molecule has 0 aliphatic carbocycles. The molecule has 0 fully saturated rings. The Labute approximate surface area is 140 Å². The number of rotatable bonds is 1. The van der Waals surface area contributed by atoms with Crippen molar-refractivity contribution in [2.24, 2.45) is 0 Å².